The first-order valence-electron chi connectivity index (χ1n) is 6.72. The van der Waals surface area contributed by atoms with Crippen molar-refractivity contribution in [1.82, 2.24) is 14.3 Å². The van der Waals surface area contributed by atoms with Gasteiger partial charge in [0, 0.05) is 0 Å². The van der Waals surface area contributed by atoms with Crippen LogP contribution in [0.3, 0.4) is 0 Å². The number of nitrogens with zero attached hydrogens (tertiary/aromatic N) is 2. The summed E-state index contributed by atoms with van der Waals surface area (Å²) < 4.78 is 2.81. The van der Waals surface area contributed by atoms with Crippen LogP contribution in [0.5, 0.6) is 0 Å². The standard InChI is InChI=1S/C16H15N3O2/c1-12(13-8-4-2-5-9-13)18-15(20)17-16(21)19(18)14-10-6-3-7-11-14/h2-12H,1H3,(H,17,20,21). The molecule has 0 radical (unpaired) electrons. The first-order valence-corrected chi connectivity index (χ1v) is 6.72. The molecule has 0 aliphatic carbocycles. The topological polar surface area (TPSA) is 59.8 Å². The van der Waals surface area contributed by atoms with Crippen molar-refractivity contribution in [2.75, 3.05) is 0 Å². The largest absolute Gasteiger partial charge is 0.349 e. The molecule has 1 heterocycles. The van der Waals surface area contributed by atoms with Crippen LogP contribution in [0.2, 0.25) is 0 Å². The van der Waals surface area contributed by atoms with Gasteiger partial charge in [0.25, 0.3) is 0 Å². The molecule has 5 heteroatoms. The molecule has 0 fully saturated rings. The second-order valence-electron chi connectivity index (χ2n) is 4.81. The van der Waals surface area contributed by atoms with E-state index in [1.807, 2.05) is 55.5 Å². The number of hydrogen-bond acceptors (Lipinski definition) is 2. The van der Waals surface area contributed by atoms with Crippen LogP contribution >= 0.6 is 0 Å². The predicted molar refractivity (Wildman–Crippen MR) is 80.9 cm³/mol. The van der Waals surface area contributed by atoms with E-state index in [1.165, 1.54) is 9.36 Å². The molecule has 1 unspecified atom stereocenters. The molecule has 3 aromatic rings. The molecular weight excluding hydrogens is 266 g/mol. The van der Waals surface area contributed by atoms with Gasteiger partial charge in [-0.3, -0.25) is 4.98 Å². The summed E-state index contributed by atoms with van der Waals surface area (Å²) in [4.78, 5) is 26.6. The maximum atomic E-state index is 12.1. The molecule has 1 atom stereocenters. The van der Waals surface area contributed by atoms with E-state index in [1.54, 1.807) is 12.1 Å². The van der Waals surface area contributed by atoms with Gasteiger partial charge < -0.3 is 0 Å². The van der Waals surface area contributed by atoms with Crippen LogP contribution in [0.1, 0.15) is 18.5 Å². The van der Waals surface area contributed by atoms with E-state index in [0.29, 0.717) is 5.69 Å². The normalized spacial score (nSPS) is 12.2. The van der Waals surface area contributed by atoms with E-state index < -0.39 is 11.4 Å². The van der Waals surface area contributed by atoms with E-state index in [-0.39, 0.29) is 6.04 Å². The quantitative estimate of drug-likeness (QED) is 0.797. The summed E-state index contributed by atoms with van der Waals surface area (Å²) in [6.07, 6.45) is 0. The van der Waals surface area contributed by atoms with Gasteiger partial charge in [-0.2, -0.15) is 4.68 Å². The molecule has 0 aliphatic rings. The second-order valence-corrected chi connectivity index (χ2v) is 4.81. The highest BCUT2D eigenvalue weighted by Crippen LogP contribution is 2.16. The maximum absolute atomic E-state index is 12.1. The van der Waals surface area contributed by atoms with Gasteiger partial charge in [-0.1, -0.05) is 48.5 Å². The van der Waals surface area contributed by atoms with Crippen molar-refractivity contribution in [3.05, 3.63) is 87.2 Å². The summed E-state index contributed by atoms with van der Waals surface area (Å²) in [5.74, 6) is 0. The van der Waals surface area contributed by atoms with Crippen LogP contribution in [0, 0.1) is 0 Å². The fourth-order valence-electron chi connectivity index (χ4n) is 2.42. The van der Waals surface area contributed by atoms with Gasteiger partial charge in [-0.25, -0.2) is 14.3 Å². The molecule has 2 aromatic carbocycles. The van der Waals surface area contributed by atoms with Crippen LogP contribution in [-0.2, 0) is 0 Å². The van der Waals surface area contributed by atoms with Gasteiger partial charge in [-0.05, 0) is 24.6 Å². The number of H-pyrrole nitrogens is 1. The van der Waals surface area contributed by atoms with Crippen LogP contribution < -0.4 is 11.4 Å². The molecule has 0 bridgehead atoms. The third-order valence-corrected chi connectivity index (χ3v) is 3.48. The molecule has 0 saturated heterocycles. The number of rotatable bonds is 3. The highest BCUT2D eigenvalue weighted by atomic mass is 16.2. The lowest BCUT2D eigenvalue weighted by Gasteiger charge is -2.17. The zero-order chi connectivity index (χ0) is 14.8. The minimum absolute atomic E-state index is 0.252. The van der Waals surface area contributed by atoms with E-state index >= 15 is 0 Å². The Morgan fingerprint density at radius 3 is 2.05 bits per heavy atom. The summed E-state index contributed by atoms with van der Waals surface area (Å²) in [7, 11) is 0. The van der Waals surface area contributed by atoms with Gasteiger partial charge in [0.1, 0.15) is 0 Å². The maximum Gasteiger partial charge on any atom is 0.349 e. The summed E-state index contributed by atoms with van der Waals surface area (Å²) in [6, 6.07) is 18.5. The molecule has 0 amide bonds. The third kappa shape index (κ3) is 2.33. The second kappa shape index (κ2) is 5.28. The average Bonchev–Trinajstić information content (AvgIpc) is 2.82. The molecule has 3 rings (SSSR count). The lowest BCUT2D eigenvalue weighted by atomic mass is 10.1. The number of aromatic nitrogens is 3. The van der Waals surface area contributed by atoms with Crippen molar-refractivity contribution < 1.29 is 0 Å². The van der Waals surface area contributed by atoms with Crippen molar-refractivity contribution in [2.45, 2.75) is 13.0 Å². The highest BCUT2D eigenvalue weighted by Gasteiger charge is 2.17. The minimum Gasteiger partial charge on any atom is -0.256 e. The Bertz CT molecular complexity index is 844. The monoisotopic (exact) mass is 281 g/mol. The Balaban J connectivity index is 2.20. The number of para-hydroxylation sites is 1. The third-order valence-electron chi connectivity index (χ3n) is 3.48. The zero-order valence-corrected chi connectivity index (χ0v) is 11.6. The summed E-state index contributed by atoms with van der Waals surface area (Å²) in [5.41, 5.74) is 0.765. The van der Waals surface area contributed by atoms with Gasteiger partial charge in [0.15, 0.2) is 0 Å². The molecule has 0 aliphatic heterocycles. The Hall–Kier alpha value is -2.82. The zero-order valence-electron chi connectivity index (χ0n) is 11.6. The van der Waals surface area contributed by atoms with E-state index in [9.17, 15) is 9.59 Å². The molecule has 0 spiro atoms. The van der Waals surface area contributed by atoms with Crippen molar-refractivity contribution >= 4 is 0 Å². The Labute approximate surface area is 121 Å². The lowest BCUT2D eigenvalue weighted by molar-refractivity contribution is 0.488. The van der Waals surface area contributed by atoms with Crippen LogP contribution in [0.4, 0.5) is 0 Å². The van der Waals surface area contributed by atoms with E-state index in [0.717, 1.165) is 5.56 Å². The van der Waals surface area contributed by atoms with Crippen molar-refractivity contribution in [2.24, 2.45) is 0 Å². The molecule has 5 nitrogen and oxygen atoms in total. The molecule has 21 heavy (non-hydrogen) atoms. The minimum atomic E-state index is -0.436. The Morgan fingerprint density at radius 2 is 1.43 bits per heavy atom. The van der Waals surface area contributed by atoms with Crippen molar-refractivity contribution in [3.8, 4) is 5.69 Å². The number of hydrogen-bond donors (Lipinski definition) is 1. The van der Waals surface area contributed by atoms with Gasteiger partial charge >= 0.3 is 11.4 Å². The molecule has 1 aromatic heterocycles. The predicted octanol–water partition coefficient (Wildman–Crippen LogP) is 1.94. The smallest absolute Gasteiger partial charge is 0.256 e. The van der Waals surface area contributed by atoms with Crippen molar-refractivity contribution in [1.29, 1.82) is 0 Å². The molecular formula is C16H15N3O2. The summed E-state index contributed by atoms with van der Waals surface area (Å²) in [6.45, 7) is 1.89. The number of aromatic amines is 1. The van der Waals surface area contributed by atoms with E-state index in [2.05, 4.69) is 4.98 Å². The summed E-state index contributed by atoms with van der Waals surface area (Å²) in [5, 5.41) is 0. The molecule has 106 valence electrons. The van der Waals surface area contributed by atoms with Gasteiger partial charge in [0.05, 0.1) is 11.7 Å². The fraction of sp³-hybridized carbons (Fsp3) is 0.125. The number of nitrogens with one attached hydrogen (secondary N) is 1. The molecule has 1 N–H and O–H groups in total. The fourth-order valence-corrected chi connectivity index (χ4v) is 2.42. The van der Waals surface area contributed by atoms with Crippen LogP contribution in [-0.4, -0.2) is 14.3 Å². The van der Waals surface area contributed by atoms with E-state index in [4.69, 9.17) is 0 Å². The van der Waals surface area contributed by atoms with Gasteiger partial charge in [-0.15, -0.1) is 0 Å². The summed E-state index contributed by atoms with van der Waals surface area (Å²) >= 11 is 0. The molecule has 0 saturated carbocycles. The van der Waals surface area contributed by atoms with Crippen LogP contribution in [0.25, 0.3) is 5.69 Å². The highest BCUT2D eigenvalue weighted by molar-refractivity contribution is 5.30. The van der Waals surface area contributed by atoms with Crippen molar-refractivity contribution in [3.63, 3.8) is 0 Å². The van der Waals surface area contributed by atoms with Gasteiger partial charge in [0.2, 0.25) is 0 Å². The number of benzene rings is 2. The Morgan fingerprint density at radius 1 is 0.857 bits per heavy atom. The SMILES string of the molecule is CC(c1ccccc1)n1c(=O)[nH]c(=O)n1-c1ccccc1. The average molecular weight is 281 g/mol. The first-order chi connectivity index (χ1) is 10.2. The first kappa shape index (κ1) is 13.2. The Kier molecular flexibility index (Phi) is 3.31. The van der Waals surface area contributed by atoms with Crippen LogP contribution in [0.15, 0.2) is 70.3 Å². The lowest BCUT2D eigenvalue weighted by Crippen LogP contribution is -2.28.